The van der Waals surface area contributed by atoms with Gasteiger partial charge < -0.3 is 14.0 Å². The summed E-state index contributed by atoms with van der Waals surface area (Å²) < 4.78 is 12.5. The Morgan fingerprint density at radius 3 is 2.83 bits per heavy atom. The van der Waals surface area contributed by atoms with E-state index in [-0.39, 0.29) is 0 Å². The Hall–Kier alpha value is -1.18. The lowest BCUT2D eigenvalue weighted by Gasteiger charge is -2.01. The summed E-state index contributed by atoms with van der Waals surface area (Å²) in [5.74, 6) is 0.935. The molecule has 0 radical (unpaired) electrons. The van der Waals surface area contributed by atoms with Gasteiger partial charge in [-0.1, -0.05) is 0 Å². The van der Waals surface area contributed by atoms with Gasteiger partial charge in [0.2, 0.25) is 0 Å². The molecular formula is C11H12N4O2S. The summed E-state index contributed by atoms with van der Waals surface area (Å²) in [5, 5.41) is 0.936. The number of hydrogen-bond donors (Lipinski definition) is 0. The fourth-order valence-corrected chi connectivity index (χ4v) is 2.77. The lowest BCUT2D eigenvalue weighted by Crippen LogP contribution is -2.03. The van der Waals surface area contributed by atoms with Crippen molar-refractivity contribution in [3.63, 3.8) is 0 Å². The molecule has 2 fully saturated rings. The highest BCUT2D eigenvalue weighted by Gasteiger charge is 2.25. The molecule has 2 atom stereocenters. The minimum atomic E-state index is 0.327. The minimum absolute atomic E-state index is 0.327. The largest absolute Gasteiger partial charge is 0.372 e. The zero-order chi connectivity index (χ0) is 11.9. The molecule has 0 bridgehead atoms. The molecule has 2 aliphatic rings. The first-order chi connectivity index (χ1) is 8.90. The van der Waals surface area contributed by atoms with E-state index in [0.29, 0.717) is 12.2 Å². The summed E-state index contributed by atoms with van der Waals surface area (Å²) in [6.07, 6.45) is 4.14. The van der Waals surface area contributed by atoms with Crippen molar-refractivity contribution in [3.05, 3.63) is 12.7 Å². The maximum Gasteiger partial charge on any atom is 0.164 e. The van der Waals surface area contributed by atoms with Crippen molar-refractivity contribution in [2.45, 2.75) is 23.8 Å². The Bertz CT molecular complexity index is 579. The third-order valence-corrected chi connectivity index (χ3v) is 4.09. The van der Waals surface area contributed by atoms with E-state index in [9.17, 15) is 0 Å². The van der Waals surface area contributed by atoms with Crippen LogP contribution in [0.2, 0.25) is 0 Å². The van der Waals surface area contributed by atoms with Gasteiger partial charge in [-0.25, -0.2) is 15.0 Å². The molecule has 2 aliphatic heterocycles. The summed E-state index contributed by atoms with van der Waals surface area (Å²) in [6.45, 7) is 2.53. The molecule has 0 N–H and O–H groups in total. The molecule has 6 nitrogen and oxygen atoms in total. The lowest BCUT2D eigenvalue weighted by molar-refractivity contribution is 0.384. The van der Waals surface area contributed by atoms with E-state index in [4.69, 9.17) is 9.47 Å². The Balaban J connectivity index is 1.62. The van der Waals surface area contributed by atoms with Gasteiger partial charge in [-0.05, 0) is 0 Å². The number of fused-ring (bicyclic) bond motifs is 1. The van der Waals surface area contributed by atoms with Crippen LogP contribution in [0.25, 0.3) is 11.2 Å². The van der Waals surface area contributed by atoms with E-state index in [0.717, 1.165) is 41.7 Å². The second-order valence-corrected chi connectivity index (χ2v) is 5.48. The fraction of sp³-hybridized carbons (Fsp3) is 0.545. The van der Waals surface area contributed by atoms with Crippen LogP contribution in [0.15, 0.2) is 17.7 Å². The van der Waals surface area contributed by atoms with Gasteiger partial charge in [-0.15, -0.1) is 11.8 Å². The molecule has 0 spiro atoms. The fourth-order valence-electron chi connectivity index (χ4n) is 1.83. The normalized spacial score (nSPS) is 25.6. The molecule has 94 valence electrons. The molecule has 18 heavy (non-hydrogen) atoms. The molecule has 2 aromatic heterocycles. The summed E-state index contributed by atoms with van der Waals surface area (Å²) in [4.78, 5) is 13.0. The number of epoxide rings is 2. The van der Waals surface area contributed by atoms with Crippen molar-refractivity contribution >= 4 is 22.9 Å². The van der Waals surface area contributed by atoms with Gasteiger partial charge in [0.15, 0.2) is 5.65 Å². The molecule has 4 heterocycles. The third-order valence-electron chi connectivity index (χ3n) is 2.98. The molecule has 0 aromatic carbocycles. The Morgan fingerprint density at radius 1 is 1.22 bits per heavy atom. The van der Waals surface area contributed by atoms with E-state index < -0.39 is 0 Å². The number of aromatic nitrogens is 4. The maximum atomic E-state index is 5.23. The standard InChI is InChI=1S/C11H12N4O2S/c1(7-2-16-7)15-6-14-9-10(15)12-5-13-11(9)18-4-8-3-17-8/h5-8H,1-4H2/t7-,8+/m0/s1. The van der Waals surface area contributed by atoms with Gasteiger partial charge in [0, 0.05) is 5.75 Å². The van der Waals surface area contributed by atoms with Crippen molar-refractivity contribution in [3.8, 4) is 0 Å². The van der Waals surface area contributed by atoms with E-state index in [2.05, 4.69) is 15.0 Å². The average Bonchev–Trinajstić information content (AvgIpc) is 3.28. The molecular weight excluding hydrogens is 252 g/mol. The number of rotatable bonds is 5. The Morgan fingerprint density at radius 2 is 2.06 bits per heavy atom. The van der Waals surface area contributed by atoms with Gasteiger partial charge in [0.05, 0.1) is 38.3 Å². The van der Waals surface area contributed by atoms with E-state index in [1.165, 1.54) is 0 Å². The van der Waals surface area contributed by atoms with Gasteiger partial charge in [0.25, 0.3) is 0 Å². The van der Waals surface area contributed by atoms with Gasteiger partial charge >= 0.3 is 0 Å². The van der Waals surface area contributed by atoms with Crippen LogP contribution in [0.5, 0.6) is 0 Å². The molecule has 2 aromatic rings. The van der Waals surface area contributed by atoms with Crippen LogP contribution in [-0.2, 0) is 16.0 Å². The first-order valence-corrected chi connectivity index (χ1v) is 6.90. The van der Waals surface area contributed by atoms with Crippen LogP contribution < -0.4 is 0 Å². The topological polar surface area (TPSA) is 68.7 Å². The zero-order valence-corrected chi connectivity index (χ0v) is 10.5. The number of thioether (sulfide) groups is 1. The highest BCUT2D eigenvalue weighted by Crippen LogP contribution is 2.27. The van der Waals surface area contributed by atoms with Crippen LogP contribution in [0, 0.1) is 0 Å². The molecule has 0 saturated carbocycles. The third kappa shape index (κ3) is 2.09. The average molecular weight is 264 g/mol. The van der Waals surface area contributed by atoms with Crippen molar-refractivity contribution < 1.29 is 9.47 Å². The number of hydrogen-bond acceptors (Lipinski definition) is 6. The summed E-state index contributed by atoms with van der Waals surface area (Å²) >= 11 is 1.69. The van der Waals surface area contributed by atoms with Crippen LogP contribution in [0.1, 0.15) is 0 Å². The molecule has 0 unspecified atom stereocenters. The second kappa shape index (κ2) is 4.18. The Labute approximate surface area is 108 Å². The van der Waals surface area contributed by atoms with Crippen LogP contribution in [0.3, 0.4) is 0 Å². The molecule has 0 amide bonds. The quantitative estimate of drug-likeness (QED) is 0.450. The molecule has 2 saturated heterocycles. The molecule has 0 aliphatic carbocycles. The van der Waals surface area contributed by atoms with E-state index in [1.54, 1.807) is 18.1 Å². The molecule has 4 rings (SSSR count). The van der Waals surface area contributed by atoms with Crippen molar-refractivity contribution in [2.24, 2.45) is 0 Å². The van der Waals surface area contributed by atoms with Gasteiger partial charge in [-0.3, -0.25) is 0 Å². The van der Waals surface area contributed by atoms with Crippen LogP contribution >= 0.6 is 11.8 Å². The van der Waals surface area contributed by atoms with Crippen molar-refractivity contribution in [1.82, 2.24) is 19.5 Å². The Kier molecular flexibility index (Phi) is 2.49. The minimum Gasteiger partial charge on any atom is -0.372 e. The van der Waals surface area contributed by atoms with Gasteiger partial charge in [-0.2, -0.15) is 0 Å². The predicted octanol–water partition coefficient (Wildman–Crippen LogP) is 0.716. The van der Waals surface area contributed by atoms with Gasteiger partial charge in [0.1, 0.15) is 16.9 Å². The maximum absolute atomic E-state index is 5.23. The van der Waals surface area contributed by atoms with Crippen LogP contribution in [0.4, 0.5) is 0 Å². The molecule has 7 heteroatoms. The van der Waals surface area contributed by atoms with Crippen LogP contribution in [-0.4, -0.2) is 50.7 Å². The highest BCUT2D eigenvalue weighted by atomic mass is 32.2. The lowest BCUT2D eigenvalue weighted by atomic mass is 10.4. The second-order valence-electron chi connectivity index (χ2n) is 4.47. The van der Waals surface area contributed by atoms with Crippen molar-refractivity contribution in [2.75, 3.05) is 19.0 Å². The monoisotopic (exact) mass is 264 g/mol. The van der Waals surface area contributed by atoms with E-state index >= 15 is 0 Å². The first-order valence-electron chi connectivity index (χ1n) is 5.92. The smallest absolute Gasteiger partial charge is 0.164 e. The number of imidazole rings is 1. The van der Waals surface area contributed by atoms with Crippen molar-refractivity contribution in [1.29, 1.82) is 0 Å². The van der Waals surface area contributed by atoms with E-state index in [1.807, 2.05) is 10.9 Å². The highest BCUT2D eigenvalue weighted by molar-refractivity contribution is 7.99. The zero-order valence-electron chi connectivity index (χ0n) is 9.65. The predicted molar refractivity (Wildman–Crippen MR) is 65.5 cm³/mol. The first kappa shape index (κ1) is 10.7. The summed E-state index contributed by atoms with van der Waals surface area (Å²) in [6, 6.07) is 0. The number of ether oxygens (including phenoxy) is 2. The summed E-state index contributed by atoms with van der Waals surface area (Å²) in [7, 11) is 0. The SMILES string of the molecule is c1nc(SC[C@H]2CO2)c2ncn(C[C@H]3CO3)c2n1. The summed E-state index contributed by atoms with van der Waals surface area (Å²) in [5.41, 5.74) is 1.77. The number of nitrogens with zero attached hydrogens (tertiary/aromatic N) is 4.